The van der Waals surface area contributed by atoms with Gasteiger partial charge in [-0.05, 0) is 19.1 Å². The van der Waals surface area contributed by atoms with E-state index in [9.17, 15) is 23.1 Å². The average molecular weight is 291 g/mol. The van der Waals surface area contributed by atoms with Crippen molar-refractivity contribution in [1.29, 1.82) is 0 Å². The number of halogens is 3. The van der Waals surface area contributed by atoms with Crippen molar-refractivity contribution >= 4 is 5.91 Å². The summed E-state index contributed by atoms with van der Waals surface area (Å²) < 4.78 is 43.9. The van der Waals surface area contributed by atoms with Gasteiger partial charge in [-0.1, -0.05) is 0 Å². The number of rotatable bonds is 6. The van der Waals surface area contributed by atoms with Crippen LogP contribution in [0.1, 0.15) is 23.7 Å². The maximum atomic E-state index is 13.4. The molecule has 2 N–H and O–H groups in total. The number of hydrogen-bond donors (Lipinski definition) is 2. The highest BCUT2D eigenvalue weighted by Gasteiger charge is 2.23. The second-order valence-electron chi connectivity index (χ2n) is 4.65. The quantitative estimate of drug-likeness (QED) is 0.783. The monoisotopic (exact) mass is 291 g/mol. The first-order valence-electron chi connectivity index (χ1n) is 5.91. The van der Waals surface area contributed by atoms with E-state index in [1.165, 1.54) is 14.0 Å². The van der Waals surface area contributed by atoms with Gasteiger partial charge in [-0.25, -0.2) is 13.2 Å². The fourth-order valence-corrected chi connectivity index (χ4v) is 1.48. The van der Waals surface area contributed by atoms with Crippen molar-refractivity contribution in [2.24, 2.45) is 0 Å². The Morgan fingerprint density at radius 2 is 2.00 bits per heavy atom. The van der Waals surface area contributed by atoms with Gasteiger partial charge >= 0.3 is 0 Å². The summed E-state index contributed by atoms with van der Waals surface area (Å²) in [6, 6.07) is 1.50. The first kappa shape index (κ1) is 16.5. The predicted octanol–water partition coefficient (Wildman–Crippen LogP) is 1.62. The molecule has 0 fully saturated rings. The third-order valence-corrected chi connectivity index (χ3v) is 2.75. The van der Waals surface area contributed by atoms with Crippen LogP contribution in [0.15, 0.2) is 12.1 Å². The zero-order valence-electron chi connectivity index (χ0n) is 11.2. The standard InChI is InChI=1S/C13H16F3NO3/c1-13(19,5-6-20-2)7-17-12(18)8-3-4-9(14)11(16)10(8)15/h3-4,19H,5-7H2,1-2H3,(H,17,18). The van der Waals surface area contributed by atoms with Crippen molar-refractivity contribution < 1.29 is 27.8 Å². The predicted molar refractivity (Wildman–Crippen MR) is 65.8 cm³/mol. The van der Waals surface area contributed by atoms with Crippen LogP contribution in [0.4, 0.5) is 13.2 Å². The molecule has 1 unspecified atom stereocenters. The normalized spacial score (nSPS) is 13.9. The molecule has 0 bridgehead atoms. The van der Waals surface area contributed by atoms with E-state index in [0.717, 1.165) is 6.07 Å². The lowest BCUT2D eigenvalue weighted by molar-refractivity contribution is 0.0243. The summed E-state index contributed by atoms with van der Waals surface area (Å²) in [5, 5.41) is 12.1. The lowest BCUT2D eigenvalue weighted by Gasteiger charge is -2.23. The molecule has 0 aliphatic heterocycles. The molecule has 0 aliphatic rings. The van der Waals surface area contributed by atoms with Crippen molar-refractivity contribution in [2.75, 3.05) is 20.3 Å². The van der Waals surface area contributed by atoms with Gasteiger partial charge in [0.2, 0.25) is 0 Å². The SMILES string of the molecule is COCCC(C)(O)CNC(=O)c1ccc(F)c(F)c1F. The molecule has 20 heavy (non-hydrogen) atoms. The molecular weight excluding hydrogens is 275 g/mol. The summed E-state index contributed by atoms with van der Waals surface area (Å²) in [6.45, 7) is 1.57. The number of hydrogen-bond acceptors (Lipinski definition) is 3. The summed E-state index contributed by atoms with van der Waals surface area (Å²) in [4.78, 5) is 11.7. The molecule has 7 heteroatoms. The summed E-state index contributed by atoms with van der Waals surface area (Å²) in [5.74, 6) is -5.56. The van der Waals surface area contributed by atoms with Crippen LogP contribution in [0, 0.1) is 17.5 Å². The molecule has 1 rings (SSSR count). The second kappa shape index (κ2) is 6.71. The van der Waals surface area contributed by atoms with E-state index in [2.05, 4.69) is 5.32 Å². The van der Waals surface area contributed by atoms with Gasteiger partial charge in [0.15, 0.2) is 17.5 Å². The Balaban J connectivity index is 2.71. The van der Waals surface area contributed by atoms with Crippen LogP contribution in [-0.4, -0.2) is 36.9 Å². The Bertz CT molecular complexity index is 492. The number of methoxy groups -OCH3 is 1. The number of benzene rings is 1. The summed E-state index contributed by atoms with van der Waals surface area (Å²) in [6.07, 6.45) is 0.254. The largest absolute Gasteiger partial charge is 0.388 e. The van der Waals surface area contributed by atoms with Crippen LogP contribution < -0.4 is 5.32 Å². The van der Waals surface area contributed by atoms with Crippen LogP contribution in [0.2, 0.25) is 0 Å². The highest BCUT2D eigenvalue weighted by atomic mass is 19.2. The van der Waals surface area contributed by atoms with Crippen LogP contribution in [-0.2, 0) is 4.74 Å². The average Bonchev–Trinajstić information content (AvgIpc) is 2.40. The number of aliphatic hydroxyl groups is 1. The van der Waals surface area contributed by atoms with E-state index in [-0.39, 0.29) is 19.6 Å². The molecule has 0 radical (unpaired) electrons. The molecule has 4 nitrogen and oxygen atoms in total. The number of ether oxygens (including phenoxy) is 1. The minimum absolute atomic E-state index is 0.173. The smallest absolute Gasteiger partial charge is 0.254 e. The van der Waals surface area contributed by atoms with Gasteiger partial charge in [0.25, 0.3) is 5.91 Å². The zero-order valence-corrected chi connectivity index (χ0v) is 11.2. The minimum atomic E-state index is -1.70. The van der Waals surface area contributed by atoms with E-state index in [1.54, 1.807) is 0 Å². The maximum absolute atomic E-state index is 13.4. The molecule has 1 aromatic carbocycles. The second-order valence-corrected chi connectivity index (χ2v) is 4.65. The third kappa shape index (κ3) is 4.21. The highest BCUT2D eigenvalue weighted by molar-refractivity contribution is 5.94. The van der Waals surface area contributed by atoms with Crippen molar-refractivity contribution in [3.05, 3.63) is 35.1 Å². The van der Waals surface area contributed by atoms with Gasteiger partial charge < -0.3 is 15.2 Å². The number of nitrogens with one attached hydrogen (secondary N) is 1. The Morgan fingerprint density at radius 3 is 2.60 bits per heavy atom. The van der Waals surface area contributed by atoms with Gasteiger partial charge in [-0.15, -0.1) is 0 Å². The van der Waals surface area contributed by atoms with E-state index in [1.807, 2.05) is 0 Å². The molecule has 0 heterocycles. The molecule has 112 valence electrons. The van der Waals surface area contributed by atoms with Gasteiger partial charge in [0, 0.05) is 26.7 Å². The molecule has 1 aromatic rings. The lowest BCUT2D eigenvalue weighted by atomic mass is 10.0. The van der Waals surface area contributed by atoms with Gasteiger partial charge in [-0.2, -0.15) is 0 Å². The Labute approximate surface area is 114 Å². The fraction of sp³-hybridized carbons (Fsp3) is 0.462. The van der Waals surface area contributed by atoms with Crippen LogP contribution in [0.25, 0.3) is 0 Å². The van der Waals surface area contributed by atoms with Crippen LogP contribution in [0.3, 0.4) is 0 Å². The first-order chi connectivity index (χ1) is 9.28. The Kier molecular flexibility index (Phi) is 5.52. The van der Waals surface area contributed by atoms with E-state index >= 15 is 0 Å². The first-order valence-corrected chi connectivity index (χ1v) is 5.91. The topological polar surface area (TPSA) is 58.6 Å². The zero-order chi connectivity index (χ0) is 15.3. The van der Waals surface area contributed by atoms with E-state index in [4.69, 9.17) is 4.74 Å². The molecule has 1 amide bonds. The molecule has 0 aromatic heterocycles. The number of amides is 1. The molecule has 0 spiro atoms. The van der Waals surface area contributed by atoms with Crippen LogP contribution in [0.5, 0.6) is 0 Å². The Morgan fingerprint density at radius 1 is 1.35 bits per heavy atom. The fourth-order valence-electron chi connectivity index (χ4n) is 1.48. The van der Waals surface area contributed by atoms with Crippen LogP contribution >= 0.6 is 0 Å². The van der Waals surface area contributed by atoms with Gasteiger partial charge in [0.05, 0.1) is 11.2 Å². The summed E-state index contributed by atoms with van der Waals surface area (Å²) in [7, 11) is 1.46. The van der Waals surface area contributed by atoms with Crippen molar-refractivity contribution in [2.45, 2.75) is 18.9 Å². The molecule has 1 atom stereocenters. The third-order valence-electron chi connectivity index (χ3n) is 2.75. The summed E-state index contributed by atoms with van der Waals surface area (Å²) >= 11 is 0. The van der Waals surface area contributed by atoms with E-state index < -0.39 is 34.5 Å². The molecular formula is C13H16F3NO3. The van der Waals surface area contributed by atoms with E-state index in [0.29, 0.717) is 6.07 Å². The molecule has 0 aliphatic carbocycles. The number of carbonyl (C=O) groups excluding carboxylic acids is 1. The maximum Gasteiger partial charge on any atom is 0.254 e. The number of carbonyl (C=O) groups is 1. The summed E-state index contributed by atoms with van der Waals surface area (Å²) in [5.41, 5.74) is -1.87. The molecule has 0 saturated heterocycles. The lowest BCUT2D eigenvalue weighted by Crippen LogP contribution is -2.41. The highest BCUT2D eigenvalue weighted by Crippen LogP contribution is 2.15. The van der Waals surface area contributed by atoms with Crippen molar-refractivity contribution in [1.82, 2.24) is 5.32 Å². The molecule has 0 saturated carbocycles. The van der Waals surface area contributed by atoms with Gasteiger partial charge in [-0.3, -0.25) is 4.79 Å². The Hall–Kier alpha value is -1.60. The van der Waals surface area contributed by atoms with Gasteiger partial charge in [0.1, 0.15) is 0 Å². The van der Waals surface area contributed by atoms with Crippen molar-refractivity contribution in [3.8, 4) is 0 Å². The minimum Gasteiger partial charge on any atom is -0.388 e. The van der Waals surface area contributed by atoms with Crippen molar-refractivity contribution in [3.63, 3.8) is 0 Å².